The SMILES string of the molecule is COc1ccc(C(OC[C@H]2C[C@H](n3ccc(NC(=O)C(C)(C)C)nc3=O)O[C@@H]2COC(=O)CCC(=O)O)(c2ccccc2)c2ccccc2)cc1. The van der Waals surface area contributed by atoms with E-state index < -0.39 is 41.0 Å². The van der Waals surface area contributed by atoms with Crippen molar-refractivity contribution in [2.24, 2.45) is 11.3 Å². The number of methoxy groups -OCH3 is 1. The van der Waals surface area contributed by atoms with Crippen LogP contribution in [-0.2, 0) is 34.2 Å². The van der Waals surface area contributed by atoms with Crippen molar-refractivity contribution in [1.29, 1.82) is 0 Å². The lowest BCUT2D eigenvalue weighted by Gasteiger charge is -2.37. The number of aliphatic carboxylic acids is 1. The van der Waals surface area contributed by atoms with Crippen LogP contribution in [0.5, 0.6) is 5.75 Å². The molecule has 3 aromatic carbocycles. The first kappa shape index (κ1) is 36.9. The van der Waals surface area contributed by atoms with Gasteiger partial charge in [0.05, 0.1) is 32.7 Å². The second kappa shape index (κ2) is 16.1. The summed E-state index contributed by atoms with van der Waals surface area (Å²) in [4.78, 5) is 53.3. The number of amides is 1. The second-order valence-electron chi connectivity index (χ2n) is 13.4. The molecule has 268 valence electrons. The zero-order valence-electron chi connectivity index (χ0n) is 29.1. The number of carboxylic acid groups (broad SMARTS) is 1. The van der Waals surface area contributed by atoms with Gasteiger partial charge in [-0.1, -0.05) is 93.6 Å². The minimum Gasteiger partial charge on any atom is -0.497 e. The van der Waals surface area contributed by atoms with E-state index in [0.29, 0.717) is 12.2 Å². The van der Waals surface area contributed by atoms with Gasteiger partial charge in [-0.15, -0.1) is 0 Å². The lowest BCUT2D eigenvalue weighted by molar-refractivity contribution is -0.152. The fourth-order valence-corrected chi connectivity index (χ4v) is 5.92. The Hall–Kier alpha value is -5.33. The highest BCUT2D eigenvalue weighted by atomic mass is 16.6. The highest BCUT2D eigenvalue weighted by molar-refractivity contribution is 5.93. The maximum absolute atomic E-state index is 13.2. The van der Waals surface area contributed by atoms with E-state index in [1.165, 1.54) is 16.8 Å². The summed E-state index contributed by atoms with van der Waals surface area (Å²) in [5.74, 6) is -1.66. The third-order valence-corrected chi connectivity index (χ3v) is 8.75. The Kier molecular flexibility index (Phi) is 11.7. The molecule has 2 N–H and O–H groups in total. The Morgan fingerprint density at radius 2 is 1.49 bits per heavy atom. The topological polar surface area (TPSA) is 155 Å². The number of ether oxygens (including phenoxy) is 4. The van der Waals surface area contributed by atoms with Crippen molar-refractivity contribution in [3.63, 3.8) is 0 Å². The Labute approximate surface area is 296 Å². The van der Waals surface area contributed by atoms with Crippen LogP contribution in [0.2, 0.25) is 0 Å². The van der Waals surface area contributed by atoms with Crippen LogP contribution in [-0.4, -0.2) is 58.9 Å². The number of carboxylic acids is 1. The summed E-state index contributed by atoms with van der Waals surface area (Å²) < 4.78 is 25.7. The summed E-state index contributed by atoms with van der Waals surface area (Å²) >= 11 is 0. The Morgan fingerprint density at radius 3 is 2.04 bits per heavy atom. The monoisotopic (exact) mass is 697 g/mol. The summed E-state index contributed by atoms with van der Waals surface area (Å²) in [6.45, 7) is 5.20. The number of hydrogen-bond acceptors (Lipinski definition) is 9. The van der Waals surface area contributed by atoms with Gasteiger partial charge in [-0.25, -0.2) is 4.79 Å². The molecule has 0 bridgehead atoms. The average Bonchev–Trinajstić information content (AvgIpc) is 3.53. The maximum atomic E-state index is 13.2. The number of carbonyl (C=O) groups is 3. The number of rotatable bonds is 14. The molecule has 0 saturated carbocycles. The van der Waals surface area contributed by atoms with Crippen LogP contribution in [0.3, 0.4) is 0 Å². The van der Waals surface area contributed by atoms with Crippen molar-refractivity contribution in [2.45, 2.75) is 58.0 Å². The minimum absolute atomic E-state index is 0.117. The van der Waals surface area contributed by atoms with E-state index in [1.807, 2.05) is 84.9 Å². The van der Waals surface area contributed by atoms with Crippen molar-refractivity contribution in [3.05, 3.63) is 124 Å². The summed E-state index contributed by atoms with van der Waals surface area (Å²) in [5.41, 5.74) is 0.200. The molecule has 4 aromatic rings. The van der Waals surface area contributed by atoms with E-state index in [9.17, 15) is 19.2 Å². The van der Waals surface area contributed by atoms with Gasteiger partial charge >= 0.3 is 17.6 Å². The van der Waals surface area contributed by atoms with Crippen molar-refractivity contribution in [3.8, 4) is 5.75 Å². The van der Waals surface area contributed by atoms with E-state index in [-0.39, 0.29) is 43.7 Å². The zero-order valence-corrected chi connectivity index (χ0v) is 29.1. The van der Waals surface area contributed by atoms with Crippen molar-refractivity contribution >= 4 is 23.7 Å². The van der Waals surface area contributed by atoms with Gasteiger partial charge in [0.1, 0.15) is 30.0 Å². The van der Waals surface area contributed by atoms with Crippen molar-refractivity contribution < 1.29 is 38.4 Å². The molecule has 3 atom stereocenters. The number of carbonyl (C=O) groups excluding carboxylic acids is 2. The molecule has 12 nitrogen and oxygen atoms in total. The van der Waals surface area contributed by atoms with Gasteiger partial charge < -0.3 is 29.4 Å². The van der Waals surface area contributed by atoms with Crippen molar-refractivity contribution in [2.75, 3.05) is 25.6 Å². The Bertz CT molecular complexity index is 1820. The van der Waals surface area contributed by atoms with Crippen LogP contribution < -0.4 is 15.7 Å². The molecular weight excluding hydrogens is 654 g/mol. The molecule has 2 heterocycles. The van der Waals surface area contributed by atoms with Crippen LogP contribution in [0.15, 0.2) is 102 Å². The summed E-state index contributed by atoms with van der Waals surface area (Å²) in [6.07, 6.45) is -0.354. The largest absolute Gasteiger partial charge is 0.497 e. The molecule has 1 saturated heterocycles. The first-order valence-electron chi connectivity index (χ1n) is 16.7. The molecule has 0 spiro atoms. The number of aromatic nitrogens is 2. The first-order valence-corrected chi connectivity index (χ1v) is 16.7. The summed E-state index contributed by atoms with van der Waals surface area (Å²) in [5, 5.41) is 11.7. The minimum atomic E-state index is -1.11. The van der Waals surface area contributed by atoms with Crippen LogP contribution in [0.4, 0.5) is 5.82 Å². The third kappa shape index (κ3) is 8.89. The smallest absolute Gasteiger partial charge is 0.351 e. The molecule has 1 aliphatic rings. The van der Waals surface area contributed by atoms with E-state index >= 15 is 0 Å². The predicted octanol–water partition coefficient (Wildman–Crippen LogP) is 5.56. The first-order chi connectivity index (χ1) is 24.4. The van der Waals surface area contributed by atoms with Gasteiger partial charge in [0.15, 0.2) is 0 Å². The molecule has 1 aliphatic heterocycles. The highest BCUT2D eigenvalue weighted by Gasteiger charge is 2.43. The van der Waals surface area contributed by atoms with Gasteiger partial charge in [0, 0.05) is 24.0 Å². The van der Waals surface area contributed by atoms with Crippen molar-refractivity contribution in [1.82, 2.24) is 9.55 Å². The highest BCUT2D eigenvalue weighted by Crippen LogP contribution is 2.43. The van der Waals surface area contributed by atoms with Gasteiger partial charge in [0.2, 0.25) is 5.91 Å². The Morgan fingerprint density at radius 1 is 0.882 bits per heavy atom. The number of esters is 1. The summed E-state index contributed by atoms with van der Waals surface area (Å²) in [7, 11) is 1.61. The lowest BCUT2D eigenvalue weighted by atomic mass is 9.80. The average molecular weight is 698 g/mol. The van der Waals surface area contributed by atoms with Gasteiger partial charge in [-0.2, -0.15) is 4.98 Å². The Balaban J connectivity index is 1.48. The van der Waals surface area contributed by atoms with Crippen LogP contribution in [0, 0.1) is 11.3 Å². The number of anilines is 1. The number of benzene rings is 3. The van der Waals surface area contributed by atoms with Crippen LogP contribution in [0.25, 0.3) is 0 Å². The normalized spacial score (nSPS) is 17.5. The van der Waals surface area contributed by atoms with Crippen LogP contribution >= 0.6 is 0 Å². The molecule has 0 radical (unpaired) electrons. The molecule has 5 rings (SSSR count). The molecule has 51 heavy (non-hydrogen) atoms. The second-order valence-corrected chi connectivity index (χ2v) is 13.4. The standard InChI is InChI=1S/C39H43N3O9/c1-38(2,3)36(46)40-32-21-22-42(37(47)41-32)33-23-26(31(51-33)25-49-35(45)20-19-34(43)44)24-50-39(27-11-7-5-8-12-27,28-13-9-6-10-14-28)29-15-17-30(48-4)18-16-29/h5-18,21-22,26,31,33H,19-20,23-25H2,1-4H3,(H,43,44)(H,40,41,46,47)/t26-,31-,33-/m1/s1. The number of hydrogen-bond donors (Lipinski definition) is 2. The molecule has 1 amide bonds. The zero-order chi connectivity index (χ0) is 36.6. The molecule has 1 aromatic heterocycles. The summed E-state index contributed by atoms with van der Waals surface area (Å²) in [6, 6.07) is 28.8. The fraction of sp³-hybridized carbons (Fsp3) is 0.359. The molecule has 12 heteroatoms. The van der Waals surface area contributed by atoms with E-state index in [2.05, 4.69) is 10.3 Å². The lowest BCUT2D eigenvalue weighted by Crippen LogP contribution is -2.37. The van der Waals surface area contributed by atoms with E-state index in [1.54, 1.807) is 27.9 Å². The van der Waals surface area contributed by atoms with Gasteiger partial charge in [-0.05, 0) is 34.9 Å². The van der Waals surface area contributed by atoms with E-state index in [0.717, 1.165) is 16.7 Å². The van der Waals surface area contributed by atoms with Gasteiger partial charge in [0.25, 0.3) is 0 Å². The number of nitrogens with one attached hydrogen (secondary N) is 1. The molecule has 0 aliphatic carbocycles. The number of nitrogens with zero attached hydrogens (tertiary/aromatic N) is 2. The molecule has 1 fully saturated rings. The maximum Gasteiger partial charge on any atom is 0.351 e. The predicted molar refractivity (Wildman–Crippen MR) is 188 cm³/mol. The quantitative estimate of drug-likeness (QED) is 0.126. The fourth-order valence-electron chi connectivity index (χ4n) is 5.92. The molecular formula is C39H43N3O9. The van der Waals surface area contributed by atoms with Crippen LogP contribution in [0.1, 0.15) is 63.0 Å². The molecule has 0 unspecified atom stereocenters. The van der Waals surface area contributed by atoms with E-state index in [4.69, 9.17) is 24.1 Å². The third-order valence-electron chi connectivity index (χ3n) is 8.75. The van der Waals surface area contributed by atoms with Gasteiger partial charge in [-0.3, -0.25) is 19.0 Å².